The van der Waals surface area contributed by atoms with Gasteiger partial charge >= 0.3 is 0 Å². The van der Waals surface area contributed by atoms with Crippen LogP contribution in [0.3, 0.4) is 0 Å². The molecule has 124 valence electrons. The van der Waals surface area contributed by atoms with Gasteiger partial charge in [-0.1, -0.05) is 35.3 Å². The van der Waals surface area contributed by atoms with Gasteiger partial charge < -0.3 is 5.32 Å². The smallest absolute Gasteiger partial charge is 0.261 e. The van der Waals surface area contributed by atoms with E-state index in [4.69, 9.17) is 23.2 Å². The fraction of sp³-hybridized carbons (Fsp3) is 0. The van der Waals surface area contributed by atoms with Crippen molar-refractivity contribution in [3.05, 3.63) is 64.7 Å². The Balaban J connectivity index is 1.68. The van der Waals surface area contributed by atoms with Crippen LogP contribution in [0.25, 0.3) is 16.9 Å². The molecule has 0 unspecified atom stereocenters. The van der Waals surface area contributed by atoms with Crippen molar-refractivity contribution in [2.75, 3.05) is 5.32 Å². The first-order valence-corrected chi connectivity index (χ1v) is 7.98. The summed E-state index contributed by atoms with van der Waals surface area (Å²) in [4.78, 5) is 16.8. The normalized spacial score (nSPS) is 11.0. The molecule has 1 amide bonds. The molecule has 0 fully saturated rings. The Bertz CT molecular complexity index is 1090. The van der Waals surface area contributed by atoms with E-state index in [9.17, 15) is 4.79 Å². The van der Waals surface area contributed by atoms with Crippen molar-refractivity contribution in [3.8, 4) is 11.3 Å². The number of aromatic nitrogens is 5. The largest absolute Gasteiger partial charge is 0.319 e. The summed E-state index contributed by atoms with van der Waals surface area (Å²) in [5, 5.41) is 14.6. The summed E-state index contributed by atoms with van der Waals surface area (Å²) >= 11 is 11.9. The summed E-state index contributed by atoms with van der Waals surface area (Å²) in [7, 11) is 0. The maximum Gasteiger partial charge on any atom is 0.261 e. The van der Waals surface area contributed by atoms with Crippen molar-refractivity contribution in [3.63, 3.8) is 0 Å². The SMILES string of the molecule is O=C(Nc1cn[nH]c1-c1cccc(Cl)c1)c1cnn2ccc(Cl)nc12. The first kappa shape index (κ1) is 15.6. The second-order valence-electron chi connectivity index (χ2n) is 5.20. The molecule has 3 heterocycles. The van der Waals surface area contributed by atoms with Crippen LogP contribution in [0.5, 0.6) is 0 Å². The van der Waals surface area contributed by atoms with Crippen LogP contribution in [0.2, 0.25) is 10.2 Å². The third-order valence-corrected chi connectivity index (χ3v) is 4.03. The van der Waals surface area contributed by atoms with Crippen molar-refractivity contribution in [2.24, 2.45) is 0 Å². The van der Waals surface area contributed by atoms with Crippen molar-refractivity contribution >= 4 is 40.4 Å². The molecule has 4 rings (SSSR count). The number of rotatable bonds is 3. The molecule has 7 nitrogen and oxygen atoms in total. The number of nitrogens with zero attached hydrogens (tertiary/aromatic N) is 4. The lowest BCUT2D eigenvalue weighted by molar-refractivity contribution is 0.102. The first-order valence-electron chi connectivity index (χ1n) is 7.22. The van der Waals surface area contributed by atoms with Gasteiger partial charge in [-0.15, -0.1) is 0 Å². The fourth-order valence-corrected chi connectivity index (χ4v) is 2.77. The van der Waals surface area contributed by atoms with Crippen LogP contribution < -0.4 is 5.32 Å². The second-order valence-corrected chi connectivity index (χ2v) is 6.02. The highest BCUT2D eigenvalue weighted by molar-refractivity contribution is 6.31. The number of H-pyrrole nitrogens is 1. The Kier molecular flexibility index (Phi) is 3.87. The number of anilines is 1. The molecule has 0 spiro atoms. The number of nitrogens with one attached hydrogen (secondary N) is 2. The van der Waals surface area contributed by atoms with Crippen LogP contribution in [0, 0.1) is 0 Å². The zero-order chi connectivity index (χ0) is 17.4. The Morgan fingerprint density at radius 2 is 2.08 bits per heavy atom. The molecule has 2 N–H and O–H groups in total. The molecular weight excluding hydrogens is 363 g/mol. The van der Waals surface area contributed by atoms with Gasteiger partial charge in [-0.2, -0.15) is 10.2 Å². The topological polar surface area (TPSA) is 88.0 Å². The molecule has 0 aliphatic rings. The summed E-state index contributed by atoms with van der Waals surface area (Å²) in [5.74, 6) is -0.366. The second kappa shape index (κ2) is 6.19. The van der Waals surface area contributed by atoms with Crippen molar-refractivity contribution < 1.29 is 4.79 Å². The quantitative estimate of drug-likeness (QED) is 0.537. The van der Waals surface area contributed by atoms with E-state index < -0.39 is 0 Å². The van der Waals surface area contributed by atoms with E-state index in [0.29, 0.717) is 27.6 Å². The number of hydrogen-bond donors (Lipinski definition) is 2. The Labute approximate surface area is 151 Å². The van der Waals surface area contributed by atoms with Gasteiger partial charge in [-0.25, -0.2) is 9.50 Å². The van der Waals surface area contributed by atoms with E-state index in [1.807, 2.05) is 12.1 Å². The number of aromatic amines is 1. The van der Waals surface area contributed by atoms with Gasteiger partial charge in [-0.3, -0.25) is 9.89 Å². The summed E-state index contributed by atoms with van der Waals surface area (Å²) in [6.07, 6.45) is 4.60. The molecule has 9 heteroatoms. The molecule has 3 aromatic heterocycles. The predicted molar refractivity (Wildman–Crippen MR) is 95.0 cm³/mol. The standard InChI is InChI=1S/C16H10Cl2N6O/c17-10-3-1-2-9(6-10)14-12(8-19-23-14)21-16(25)11-7-20-24-5-4-13(18)22-15(11)24/h1-8H,(H,19,23)(H,21,25). The van der Waals surface area contributed by atoms with Crippen LogP contribution in [0.15, 0.2) is 48.9 Å². The van der Waals surface area contributed by atoms with Crippen LogP contribution >= 0.6 is 23.2 Å². The van der Waals surface area contributed by atoms with Crippen LogP contribution in [0.1, 0.15) is 10.4 Å². The summed E-state index contributed by atoms with van der Waals surface area (Å²) in [6, 6.07) is 8.83. The Morgan fingerprint density at radius 1 is 1.20 bits per heavy atom. The van der Waals surface area contributed by atoms with E-state index in [-0.39, 0.29) is 11.1 Å². The van der Waals surface area contributed by atoms with Crippen molar-refractivity contribution in [1.29, 1.82) is 0 Å². The molecule has 0 aliphatic heterocycles. The lowest BCUT2D eigenvalue weighted by atomic mass is 10.1. The van der Waals surface area contributed by atoms with Crippen molar-refractivity contribution in [1.82, 2.24) is 24.8 Å². The lowest BCUT2D eigenvalue weighted by Crippen LogP contribution is -2.12. The third kappa shape index (κ3) is 2.95. The van der Waals surface area contributed by atoms with Gasteiger partial charge in [0, 0.05) is 16.8 Å². The van der Waals surface area contributed by atoms with E-state index >= 15 is 0 Å². The zero-order valence-corrected chi connectivity index (χ0v) is 14.1. The molecule has 0 bridgehead atoms. The predicted octanol–water partition coefficient (Wildman–Crippen LogP) is 3.68. The molecule has 0 saturated carbocycles. The number of hydrogen-bond acceptors (Lipinski definition) is 4. The number of halogens is 2. The number of benzene rings is 1. The Hall–Kier alpha value is -2.90. The minimum Gasteiger partial charge on any atom is -0.319 e. The van der Waals surface area contributed by atoms with Gasteiger partial charge in [0.1, 0.15) is 10.7 Å². The molecule has 0 radical (unpaired) electrons. The maximum atomic E-state index is 12.6. The number of amides is 1. The van der Waals surface area contributed by atoms with E-state index in [2.05, 4.69) is 25.6 Å². The highest BCUT2D eigenvalue weighted by Crippen LogP contribution is 2.28. The van der Waals surface area contributed by atoms with Gasteiger partial charge in [0.15, 0.2) is 5.65 Å². The van der Waals surface area contributed by atoms with Crippen LogP contribution in [-0.4, -0.2) is 30.7 Å². The average molecular weight is 373 g/mol. The molecular formula is C16H10Cl2N6O. The first-order chi connectivity index (χ1) is 12.1. The van der Waals surface area contributed by atoms with Crippen LogP contribution in [0.4, 0.5) is 5.69 Å². The van der Waals surface area contributed by atoms with Gasteiger partial charge in [0.25, 0.3) is 5.91 Å². The van der Waals surface area contributed by atoms with E-state index in [1.165, 1.54) is 16.9 Å². The maximum absolute atomic E-state index is 12.6. The highest BCUT2D eigenvalue weighted by Gasteiger charge is 2.17. The summed E-state index contributed by atoms with van der Waals surface area (Å²) in [6.45, 7) is 0. The molecule has 1 aromatic carbocycles. The highest BCUT2D eigenvalue weighted by atomic mass is 35.5. The van der Waals surface area contributed by atoms with Gasteiger partial charge in [0.05, 0.1) is 23.8 Å². The van der Waals surface area contributed by atoms with Crippen molar-refractivity contribution in [2.45, 2.75) is 0 Å². The summed E-state index contributed by atoms with van der Waals surface area (Å²) < 4.78 is 1.48. The molecule has 0 saturated heterocycles. The molecule has 0 aliphatic carbocycles. The molecule has 0 atom stereocenters. The van der Waals surface area contributed by atoms with E-state index in [1.54, 1.807) is 24.4 Å². The summed E-state index contributed by atoms with van der Waals surface area (Å²) in [5.41, 5.74) is 2.66. The molecule has 25 heavy (non-hydrogen) atoms. The monoisotopic (exact) mass is 372 g/mol. The molecule has 4 aromatic rings. The fourth-order valence-electron chi connectivity index (χ4n) is 2.44. The lowest BCUT2D eigenvalue weighted by Gasteiger charge is -2.05. The third-order valence-electron chi connectivity index (χ3n) is 3.58. The number of fused-ring (bicyclic) bond motifs is 1. The van der Waals surface area contributed by atoms with Crippen LogP contribution in [-0.2, 0) is 0 Å². The van der Waals surface area contributed by atoms with E-state index in [0.717, 1.165) is 5.56 Å². The minimum absolute atomic E-state index is 0.282. The minimum atomic E-state index is -0.366. The zero-order valence-electron chi connectivity index (χ0n) is 12.6. The van der Waals surface area contributed by atoms with Gasteiger partial charge in [0.2, 0.25) is 0 Å². The van der Waals surface area contributed by atoms with Gasteiger partial charge in [-0.05, 0) is 18.2 Å². The number of carbonyl (C=O) groups excluding carboxylic acids is 1. The average Bonchev–Trinajstić information content (AvgIpc) is 3.21. The number of carbonyl (C=O) groups is 1. The Morgan fingerprint density at radius 3 is 2.92 bits per heavy atom.